The van der Waals surface area contributed by atoms with E-state index >= 15 is 0 Å². The van der Waals surface area contributed by atoms with E-state index < -0.39 is 0 Å². The van der Waals surface area contributed by atoms with Gasteiger partial charge in [-0.1, -0.05) is 91.0 Å². The van der Waals surface area contributed by atoms with E-state index in [-0.39, 0.29) is 0 Å². The van der Waals surface area contributed by atoms with Gasteiger partial charge in [-0.05, 0) is 90.5 Å². The number of fused-ring (bicyclic) bond motifs is 9. The summed E-state index contributed by atoms with van der Waals surface area (Å²) in [4.78, 5) is 0. The highest BCUT2D eigenvalue weighted by Gasteiger charge is 2.19. The van der Waals surface area contributed by atoms with Gasteiger partial charge in [0, 0.05) is 54.9 Å². The second kappa shape index (κ2) is 11.8. The van der Waals surface area contributed by atoms with E-state index in [2.05, 4.69) is 165 Å². The monoisotopic (exact) mass is 699 g/mol. The van der Waals surface area contributed by atoms with Gasteiger partial charge in [0.2, 0.25) is 0 Å². The molecule has 0 aliphatic carbocycles. The van der Waals surface area contributed by atoms with E-state index in [9.17, 15) is 10.5 Å². The molecular weight excluding hydrogens is 671 g/mol. The zero-order valence-corrected chi connectivity index (χ0v) is 29.5. The summed E-state index contributed by atoms with van der Waals surface area (Å²) in [7, 11) is 0. The van der Waals surface area contributed by atoms with Crippen LogP contribution in [0.3, 0.4) is 0 Å². The molecule has 0 unspecified atom stereocenters. The molecule has 55 heavy (non-hydrogen) atoms. The Hall–Kier alpha value is -7.86. The molecule has 0 fully saturated rings. The van der Waals surface area contributed by atoms with Crippen molar-refractivity contribution in [2.75, 3.05) is 0 Å². The number of para-hydroxylation sites is 4. The van der Waals surface area contributed by atoms with Crippen molar-refractivity contribution < 1.29 is 0 Å². The first kappa shape index (κ1) is 30.7. The van der Waals surface area contributed by atoms with E-state index in [4.69, 9.17) is 0 Å². The third-order valence-corrected chi connectivity index (χ3v) is 11.1. The maximum atomic E-state index is 10.3. The lowest BCUT2D eigenvalue weighted by Crippen LogP contribution is -1.97. The Morgan fingerprint density at radius 2 is 0.782 bits per heavy atom. The average molecular weight is 700 g/mol. The molecule has 0 aliphatic rings. The Kier molecular flexibility index (Phi) is 6.61. The normalized spacial score (nSPS) is 11.6. The van der Waals surface area contributed by atoms with Crippen LogP contribution in [0.15, 0.2) is 176 Å². The molecule has 5 heteroatoms. The minimum atomic E-state index is 0.601. The molecule has 0 bridgehead atoms. The lowest BCUT2D eigenvalue weighted by molar-refractivity contribution is 1.16. The predicted octanol–water partition coefficient (Wildman–Crippen LogP) is 12.4. The first-order valence-corrected chi connectivity index (χ1v) is 18.3. The summed E-state index contributed by atoms with van der Waals surface area (Å²) in [6.45, 7) is 0. The highest BCUT2D eigenvalue weighted by Crippen LogP contribution is 2.39. The van der Waals surface area contributed by atoms with Crippen LogP contribution in [0.25, 0.3) is 93.6 Å². The molecule has 3 aromatic heterocycles. The summed E-state index contributed by atoms with van der Waals surface area (Å²) in [6.07, 6.45) is 0. The average Bonchev–Trinajstić information content (AvgIpc) is 3.89. The molecule has 11 aromatic rings. The molecule has 0 aliphatic heterocycles. The van der Waals surface area contributed by atoms with Gasteiger partial charge in [-0.25, -0.2) is 0 Å². The SMILES string of the molecule is N#Cc1ccc(-n2c3ccccc3c3c(C#N)cccc32)cc1-c1ccc(-n2c3ccccc3c3cc(-n4c5ccccc5c5ccccc54)ccc32)cc1. The van der Waals surface area contributed by atoms with Gasteiger partial charge in [0.05, 0.1) is 56.4 Å². The Morgan fingerprint density at radius 1 is 0.327 bits per heavy atom. The van der Waals surface area contributed by atoms with Crippen molar-refractivity contribution >= 4 is 65.4 Å². The lowest BCUT2D eigenvalue weighted by Gasteiger charge is -2.13. The van der Waals surface area contributed by atoms with Gasteiger partial charge in [0.25, 0.3) is 0 Å². The topological polar surface area (TPSA) is 62.4 Å². The van der Waals surface area contributed by atoms with Gasteiger partial charge in [0.1, 0.15) is 0 Å². The maximum Gasteiger partial charge on any atom is 0.0998 e. The van der Waals surface area contributed by atoms with Crippen LogP contribution < -0.4 is 0 Å². The Labute approximate surface area is 316 Å². The van der Waals surface area contributed by atoms with Crippen LogP contribution in [-0.4, -0.2) is 13.7 Å². The lowest BCUT2D eigenvalue weighted by atomic mass is 9.99. The summed E-state index contributed by atoms with van der Waals surface area (Å²) in [6, 6.07) is 66.0. The molecule has 0 atom stereocenters. The van der Waals surface area contributed by atoms with Crippen LogP contribution in [0.4, 0.5) is 0 Å². The van der Waals surface area contributed by atoms with Gasteiger partial charge in [-0.15, -0.1) is 0 Å². The van der Waals surface area contributed by atoms with Gasteiger partial charge in [-0.2, -0.15) is 10.5 Å². The maximum absolute atomic E-state index is 10.3. The minimum Gasteiger partial charge on any atom is -0.309 e. The van der Waals surface area contributed by atoms with E-state index in [0.29, 0.717) is 11.1 Å². The van der Waals surface area contributed by atoms with Crippen LogP contribution in [0, 0.1) is 22.7 Å². The third kappa shape index (κ3) is 4.45. The number of nitriles is 2. The predicted molar refractivity (Wildman–Crippen MR) is 224 cm³/mol. The smallest absolute Gasteiger partial charge is 0.0998 e. The molecule has 0 radical (unpaired) electrons. The van der Waals surface area contributed by atoms with Crippen molar-refractivity contribution in [3.63, 3.8) is 0 Å². The van der Waals surface area contributed by atoms with E-state index in [1.807, 2.05) is 36.4 Å². The first-order chi connectivity index (χ1) is 27.2. The Morgan fingerprint density at radius 3 is 1.42 bits per heavy atom. The van der Waals surface area contributed by atoms with Crippen molar-refractivity contribution in [3.05, 3.63) is 187 Å². The van der Waals surface area contributed by atoms with Gasteiger partial charge < -0.3 is 13.7 Å². The van der Waals surface area contributed by atoms with Gasteiger partial charge in [0.15, 0.2) is 0 Å². The zero-order chi connectivity index (χ0) is 36.6. The second-order valence-corrected chi connectivity index (χ2v) is 14.0. The van der Waals surface area contributed by atoms with Gasteiger partial charge >= 0.3 is 0 Å². The summed E-state index contributed by atoms with van der Waals surface area (Å²) in [5, 5.41) is 27.1. The highest BCUT2D eigenvalue weighted by molar-refractivity contribution is 6.13. The fraction of sp³-hybridized carbons (Fsp3) is 0. The minimum absolute atomic E-state index is 0.601. The molecule has 11 rings (SSSR count). The van der Waals surface area contributed by atoms with Crippen molar-refractivity contribution in [2.45, 2.75) is 0 Å². The number of benzene rings is 8. The van der Waals surface area contributed by atoms with Crippen LogP contribution in [0.2, 0.25) is 0 Å². The molecule has 3 heterocycles. The zero-order valence-electron chi connectivity index (χ0n) is 29.5. The standard InChI is InChI=1S/C50H29N5/c51-30-33-22-25-36(55-47-18-8-4-14-41(47)50-34(31-52)10-9-19-49(50)55)28-42(33)32-20-23-35(24-21-32)53-46-17-7-3-13-40(46)43-29-37(26-27-48(43)53)54-44-15-5-1-11-38(44)39-12-2-6-16-45(39)54/h1-29H. The molecular formula is C50H29N5. The fourth-order valence-electron chi connectivity index (χ4n) is 8.77. The fourth-order valence-corrected chi connectivity index (χ4v) is 8.77. The van der Waals surface area contributed by atoms with Crippen molar-refractivity contribution in [1.82, 2.24) is 13.7 Å². The van der Waals surface area contributed by atoms with E-state index in [1.165, 1.54) is 32.6 Å². The number of rotatable bonds is 4. The largest absolute Gasteiger partial charge is 0.309 e. The Bertz CT molecular complexity index is 3400. The van der Waals surface area contributed by atoms with E-state index in [0.717, 1.165) is 61.0 Å². The number of nitrogens with zero attached hydrogens (tertiary/aromatic N) is 5. The van der Waals surface area contributed by atoms with Crippen LogP contribution >= 0.6 is 0 Å². The van der Waals surface area contributed by atoms with Crippen LogP contribution in [-0.2, 0) is 0 Å². The van der Waals surface area contributed by atoms with Crippen LogP contribution in [0.1, 0.15) is 11.1 Å². The van der Waals surface area contributed by atoms with Crippen molar-refractivity contribution in [3.8, 4) is 40.3 Å². The molecule has 0 amide bonds. The molecule has 0 spiro atoms. The number of hydrogen-bond donors (Lipinski definition) is 0. The quantitative estimate of drug-likeness (QED) is 0.184. The van der Waals surface area contributed by atoms with Crippen molar-refractivity contribution in [1.29, 1.82) is 10.5 Å². The van der Waals surface area contributed by atoms with Gasteiger partial charge in [-0.3, -0.25) is 0 Å². The molecule has 8 aromatic carbocycles. The molecule has 0 N–H and O–H groups in total. The summed E-state index contributed by atoms with van der Waals surface area (Å²) >= 11 is 0. The number of hydrogen-bond acceptors (Lipinski definition) is 2. The Balaban J connectivity index is 1.05. The summed E-state index contributed by atoms with van der Waals surface area (Å²) in [5.41, 5.74) is 12.8. The molecule has 5 nitrogen and oxygen atoms in total. The van der Waals surface area contributed by atoms with E-state index in [1.54, 1.807) is 0 Å². The molecule has 0 saturated carbocycles. The third-order valence-electron chi connectivity index (χ3n) is 11.1. The molecule has 254 valence electrons. The summed E-state index contributed by atoms with van der Waals surface area (Å²) < 4.78 is 6.89. The second-order valence-electron chi connectivity index (χ2n) is 14.0. The highest BCUT2D eigenvalue weighted by atomic mass is 15.0. The van der Waals surface area contributed by atoms with Crippen molar-refractivity contribution in [2.24, 2.45) is 0 Å². The summed E-state index contributed by atoms with van der Waals surface area (Å²) in [5.74, 6) is 0. The molecule has 0 saturated heterocycles. The van der Waals surface area contributed by atoms with Crippen LogP contribution in [0.5, 0.6) is 0 Å². The number of aromatic nitrogens is 3. The first-order valence-electron chi connectivity index (χ1n) is 18.3.